The fourth-order valence-corrected chi connectivity index (χ4v) is 2.98. The van der Waals surface area contributed by atoms with Gasteiger partial charge in [-0.05, 0) is 44.0 Å². The van der Waals surface area contributed by atoms with E-state index >= 15 is 0 Å². The topological polar surface area (TPSA) is 71.1 Å². The van der Waals surface area contributed by atoms with Crippen LogP contribution in [0.25, 0.3) is 0 Å². The van der Waals surface area contributed by atoms with Crippen molar-refractivity contribution in [2.75, 3.05) is 13.1 Å². The van der Waals surface area contributed by atoms with Crippen LogP contribution in [0, 0.1) is 6.92 Å². The summed E-state index contributed by atoms with van der Waals surface area (Å²) in [6.45, 7) is 3.24. The van der Waals surface area contributed by atoms with Crippen LogP contribution in [0.3, 0.4) is 0 Å². The second kappa shape index (κ2) is 6.47. The van der Waals surface area contributed by atoms with Crippen LogP contribution in [0.15, 0.2) is 23.4 Å². The number of sulfonamides is 1. The lowest BCUT2D eigenvalue weighted by molar-refractivity contribution is 0.549. The van der Waals surface area contributed by atoms with Crippen LogP contribution < -0.4 is 10.0 Å². The predicted octanol–water partition coefficient (Wildman–Crippen LogP) is 0.842. The molecule has 1 fully saturated rings. The van der Waals surface area contributed by atoms with E-state index in [9.17, 15) is 8.42 Å². The standard InChI is InChI=1S/C11H17N3O2S.ClH/c1-9-4-6-13-11(7-9)17(15,16)14-8-10-3-2-5-12-10;/h4,6-7,10,12,14H,2-3,5,8H2,1H3;1H. The van der Waals surface area contributed by atoms with Gasteiger partial charge in [-0.15, -0.1) is 12.4 Å². The minimum absolute atomic E-state index is 0. The molecule has 1 atom stereocenters. The normalized spacial score (nSPS) is 19.5. The van der Waals surface area contributed by atoms with Gasteiger partial charge in [0.05, 0.1) is 0 Å². The highest BCUT2D eigenvalue weighted by Crippen LogP contribution is 2.08. The molecule has 0 amide bonds. The Bertz CT molecular complexity index is 487. The first-order chi connectivity index (χ1) is 8.08. The molecule has 2 rings (SSSR count). The highest BCUT2D eigenvalue weighted by atomic mass is 35.5. The molecule has 0 radical (unpaired) electrons. The lowest BCUT2D eigenvalue weighted by Gasteiger charge is -2.11. The van der Waals surface area contributed by atoms with E-state index in [-0.39, 0.29) is 23.5 Å². The van der Waals surface area contributed by atoms with Crippen molar-refractivity contribution in [2.45, 2.75) is 30.8 Å². The number of pyridine rings is 1. The van der Waals surface area contributed by atoms with Crippen molar-refractivity contribution in [2.24, 2.45) is 0 Å². The first-order valence-electron chi connectivity index (χ1n) is 5.74. The number of nitrogens with one attached hydrogen (secondary N) is 2. The summed E-state index contributed by atoms with van der Waals surface area (Å²) in [5.74, 6) is 0. The molecule has 1 aliphatic heterocycles. The van der Waals surface area contributed by atoms with E-state index in [0.29, 0.717) is 6.54 Å². The third-order valence-electron chi connectivity index (χ3n) is 2.85. The molecule has 1 aromatic heterocycles. The zero-order valence-electron chi connectivity index (χ0n) is 10.2. The summed E-state index contributed by atoms with van der Waals surface area (Å²) in [6.07, 6.45) is 3.64. The molecule has 102 valence electrons. The van der Waals surface area contributed by atoms with Gasteiger partial charge in [-0.1, -0.05) is 0 Å². The SMILES string of the molecule is Cc1ccnc(S(=O)(=O)NCC2CCCN2)c1.Cl. The largest absolute Gasteiger partial charge is 0.313 e. The van der Waals surface area contributed by atoms with Crippen molar-refractivity contribution in [1.29, 1.82) is 0 Å². The van der Waals surface area contributed by atoms with Gasteiger partial charge < -0.3 is 5.32 Å². The first kappa shape index (κ1) is 15.4. The second-order valence-electron chi connectivity index (χ2n) is 4.32. The van der Waals surface area contributed by atoms with Crippen LogP contribution in [-0.2, 0) is 10.0 Å². The molecule has 0 spiro atoms. The van der Waals surface area contributed by atoms with Crippen molar-refractivity contribution in [1.82, 2.24) is 15.0 Å². The van der Waals surface area contributed by atoms with Gasteiger partial charge in [0.2, 0.25) is 0 Å². The molecule has 1 aromatic rings. The highest BCUT2D eigenvalue weighted by Gasteiger charge is 2.19. The number of aromatic nitrogens is 1. The summed E-state index contributed by atoms with van der Waals surface area (Å²) >= 11 is 0. The first-order valence-corrected chi connectivity index (χ1v) is 7.22. The molecular weight excluding hydrogens is 274 g/mol. The number of hydrogen-bond acceptors (Lipinski definition) is 4. The van der Waals surface area contributed by atoms with E-state index < -0.39 is 10.0 Å². The molecule has 1 saturated heterocycles. The van der Waals surface area contributed by atoms with Gasteiger partial charge in [-0.3, -0.25) is 0 Å². The van der Waals surface area contributed by atoms with Crippen LogP contribution in [0.1, 0.15) is 18.4 Å². The van der Waals surface area contributed by atoms with E-state index in [1.165, 1.54) is 6.20 Å². The van der Waals surface area contributed by atoms with Crippen molar-refractivity contribution in [3.8, 4) is 0 Å². The van der Waals surface area contributed by atoms with Gasteiger partial charge in [-0.2, -0.15) is 0 Å². The number of nitrogens with zero attached hydrogens (tertiary/aromatic N) is 1. The van der Waals surface area contributed by atoms with Crippen LogP contribution in [0.4, 0.5) is 0 Å². The lowest BCUT2D eigenvalue weighted by atomic mass is 10.2. The highest BCUT2D eigenvalue weighted by molar-refractivity contribution is 7.89. The Hall–Kier alpha value is -0.690. The summed E-state index contributed by atoms with van der Waals surface area (Å²) < 4.78 is 26.5. The second-order valence-corrected chi connectivity index (χ2v) is 6.03. The van der Waals surface area contributed by atoms with Gasteiger partial charge in [0.25, 0.3) is 10.0 Å². The van der Waals surface area contributed by atoms with Gasteiger partial charge in [0.1, 0.15) is 0 Å². The minimum Gasteiger partial charge on any atom is -0.313 e. The van der Waals surface area contributed by atoms with Crippen LogP contribution in [0.5, 0.6) is 0 Å². The summed E-state index contributed by atoms with van der Waals surface area (Å²) in [4.78, 5) is 3.89. The third-order valence-corrected chi connectivity index (χ3v) is 4.17. The summed E-state index contributed by atoms with van der Waals surface area (Å²) in [5.41, 5.74) is 0.888. The average Bonchev–Trinajstić information content (AvgIpc) is 2.79. The Labute approximate surface area is 114 Å². The van der Waals surface area contributed by atoms with Crippen LogP contribution in [-0.4, -0.2) is 32.5 Å². The van der Waals surface area contributed by atoms with E-state index in [0.717, 1.165) is 24.9 Å². The number of aryl methyl sites for hydroxylation is 1. The van der Waals surface area contributed by atoms with Crippen molar-refractivity contribution in [3.05, 3.63) is 23.9 Å². The molecule has 0 aromatic carbocycles. The molecule has 0 aliphatic carbocycles. The molecule has 18 heavy (non-hydrogen) atoms. The zero-order chi connectivity index (χ0) is 12.3. The number of hydrogen-bond donors (Lipinski definition) is 2. The van der Waals surface area contributed by atoms with Crippen molar-refractivity contribution < 1.29 is 8.42 Å². The van der Waals surface area contributed by atoms with E-state index in [2.05, 4.69) is 15.0 Å². The third kappa shape index (κ3) is 3.91. The number of halogens is 1. The fraction of sp³-hybridized carbons (Fsp3) is 0.545. The Balaban J connectivity index is 0.00000162. The van der Waals surface area contributed by atoms with Gasteiger partial charge >= 0.3 is 0 Å². The van der Waals surface area contributed by atoms with Gasteiger partial charge in [0, 0.05) is 18.8 Å². The molecule has 2 heterocycles. The van der Waals surface area contributed by atoms with E-state index in [4.69, 9.17) is 0 Å². The molecule has 5 nitrogen and oxygen atoms in total. The molecule has 1 unspecified atom stereocenters. The monoisotopic (exact) mass is 291 g/mol. The van der Waals surface area contributed by atoms with Gasteiger partial charge in [0.15, 0.2) is 5.03 Å². The van der Waals surface area contributed by atoms with Crippen LogP contribution in [0.2, 0.25) is 0 Å². The molecular formula is C11H18ClN3O2S. The Morgan fingerprint density at radius 3 is 2.94 bits per heavy atom. The Morgan fingerprint density at radius 1 is 1.56 bits per heavy atom. The van der Waals surface area contributed by atoms with E-state index in [1.54, 1.807) is 12.1 Å². The molecule has 7 heteroatoms. The summed E-state index contributed by atoms with van der Waals surface area (Å²) in [7, 11) is -3.47. The molecule has 2 N–H and O–H groups in total. The van der Waals surface area contributed by atoms with Gasteiger partial charge in [-0.25, -0.2) is 18.1 Å². The lowest BCUT2D eigenvalue weighted by Crippen LogP contribution is -2.37. The van der Waals surface area contributed by atoms with E-state index in [1.807, 2.05) is 6.92 Å². The molecule has 0 saturated carbocycles. The van der Waals surface area contributed by atoms with Crippen LogP contribution >= 0.6 is 12.4 Å². The zero-order valence-corrected chi connectivity index (χ0v) is 11.9. The maximum atomic E-state index is 11.9. The fourth-order valence-electron chi connectivity index (χ4n) is 1.87. The Kier molecular flexibility index (Phi) is 5.52. The minimum atomic E-state index is -3.47. The Morgan fingerprint density at radius 2 is 2.33 bits per heavy atom. The van der Waals surface area contributed by atoms with Crippen molar-refractivity contribution in [3.63, 3.8) is 0 Å². The summed E-state index contributed by atoms with van der Waals surface area (Å²) in [6, 6.07) is 3.59. The molecule has 0 bridgehead atoms. The summed E-state index contributed by atoms with van der Waals surface area (Å²) in [5, 5.41) is 3.34. The van der Waals surface area contributed by atoms with Crippen molar-refractivity contribution >= 4 is 22.4 Å². The average molecular weight is 292 g/mol. The smallest absolute Gasteiger partial charge is 0.258 e. The molecule has 1 aliphatic rings. The maximum absolute atomic E-state index is 11.9. The maximum Gasteiger partial charge on any atom is 0.258 e. The number of rotatable bonds is 4. The predicted molar refractivity (Wildman–Crippen MR) is 72.4 cm³/mol. The quantitative estimate of drug-likeness (QED) is 0.862.